The summed E-state index contributed by atoms with van der Waals surface area (Å²) >= 11 is 7.26. The number of nitrogens with one attached hydrogen (secondary N) is 1. The van der Waals surface area contributed by atoms with Crippen molar-refractivity contribution in [2.75, 3.05) is 6.61 Å². The van der Waals surface area contributed by atoms with Gasteiger partial charge in [-0.25, -0.2) is 4.99 Å². The maximum atomic E-state index is 12.4. The van der Waals surface area contributed by atoms with E-state index in [4.69, 9.17) is 21.1 Å². The number of ether oxygens (including phenoxy) is 2. The summed E-state index contributed by atoms with van der Waals surface area (Å²) in [5.41, 5.74) is 3.80. The Bertz CT molecular complexity index is 1210. The topological polar surface area (TPSA) is 59.9 Å². The number of thioether (sulfide) groups is 1. The van der Waals surface area contributed by atoms with E-state index in [1.54, 1.807) is 0 Å². The Morgan fingerprint density at radius 2 is 1.76 bits per heavy atom. The highest BCUT2D eigenvalue weighted by Crippen LogP contribution is 2.33. The molecule has 0 bridgehead atoms. The van der Waals surface area contributed by atoms with Crippen LogP contribution in [0.3, 0.4) is 0 Å². The highest BCUT2D eigenvalue weighted by molar-refractivity contribution is 8.18. The van der Waals surface area contributed by atoms with Crippen molar-refractivity contribution >= 4 is 46.2 Å². The van der Waals surface area contributed by atoms with Gasteiger partial charge in [-0.05, 0) is 79.2 Å². The largest absolute Gasteiger partial charge is 0.490 e. The van der Waals surface area contributed by atoms with Crippen molar-refractivity contribution in [3.8, 4) is 11.5 Å². The molecule has 168 valence electrons. The molecule has 1 N–H and O–H groups in total. The van der Waals surface area contributed by atoms with Crippen LogP contribution in [0.4, 0.5) is 5.69 Å². The number of hydrogen-bond acceptors (Lipinski definition) is 5. The summed E-state index contributed by atoms with van der Waals surface area (Å²) in [6.45, 7) is 4.84. The number of hydrogen-bond donors (Lipinski definition) is 1. The van der Waals surface area contributed by atoms with Gasteiger partial charge < -0.3 is 14.8 Å². The van der Waals surface area contributed by atoms with E-state index in [2.05, 4.69) is 10.3 Å². The number of aryl methyl sites for hydroxylation is 1. The molecule has 1 aliphatic heterocycles. The van der Waals surface area contributed by atoms with E-state index in [1.807, 2.05) is 86.7 Å². The van der Waals surface area contributed by atoms with E-state index in [1.165, 1.54) is 11.8 Å². The molecular formula is C26H23ClN2O3S. The fraction of sp³-hybridized carbons (Fsp3) is 0.154. The smallest absolute Gasteiger partial charge is 0.264 e. The standard InChI is InChI=1S/C26H23ClN2O3S/c1-3-31-23-14-19(8-13-22(23)32-16-18-6-9-20(27)10-7-18)15-24-25(30)29-26(33-24)28-21-11-4-17(2)5-12-21/h4-15H,3,16H2,1-2H3,(H,28,29,30). The fourth-order valence-corrected chi connectivity index (χ4v) is 4.08. The minimum absolute atomic E-state index is 0.174. The van der Waals surface area contributed by atoms with E-state index in [0.717, 1.165) is 22.4 Å². The van der Waals surface area contributed by atoms with E-state index in [9.17, 15) is 4.79 Å². The molecule has 1 saturated heterocycles. The van der Waals surface area contributed by atoms with Crippen molar-refractivity contribution in [1.29, 1.82) is 0 Å². The Morgan fingerprint density at radius 3 is 2.48 bits per heavy atom. The molecule has 1 heterocycles. The van der Waals surface area contributed by atoms with Crippen LogP contribution < -0.4 is 14.8 Å². The molecule has 0 saturated carbocycles. The second-order valence-electron chi connectivity index (χ2n) is 7.37. The highest BCUT2D eigenvalue weighted by atomic mass is 35.5. The summed E-state index contributed by atoms with van der Waals surface area (Å²) in [6.07, 6.45) is 1.82. The molecule has 33 heavy (non-hydrogen) atoms. The molecule has 3 aromatic rings. The van der Waals surface area contributed by atoms with Crippen LogP contribution in [0.2, 0.25) is 5.02 Å². The van der Waals surface area contributed by atoms with Gasteiger partial charge in [0.2, 0.25) is 0 Å². The predicted molar refractivity (Wildman–Crippen MR) is 135 cm³/mol. The zero-order chi connectivity index (χ0) is 23.2. The van der Waals surface area contributed by atoms with E-state index in [0.29, 0.717) is 39.8 Å². The van der Waals surface area contributed by atoms with E-state index in [-0.39, 0.29) is 5.91 Å². The highest BCUT2D eigenvalue weighted by Gasteiger charge is 2.24. The molecule has 1 aliphatic rings. The van der Waals surface area contributed by atoms with Crippen molar-refractivity contribution in [3.63, 3.8) is 0 Å². The average Bonchev–Trinajstić information content (AvgIpc) is 3.14. The second kappa shape index (κ2) is 10.6. The number of aliphatic imine (C=N–C) groups is 1. The van der Waals surface area contributed by atoms with Crippen molar-refractivity contribution in [2.45, 2.75) is 20.5 Å². The summed E-state index contributed by atoms with van der Waals surface area (Å²) < 4.78 is 11.7. The van der Waals surface area contributed by atoms with Crippen LogP contribution in [0, 0.1) is 6.92 Å². The molecule has 0 atom stereocenters. The lowest BCUT2D eigenvalue weighted by atomic mass is 10.2. The molecule has 3 aromatic carbocycles. The van der Waals surface area contributed by atoms with Crippen LogP contribution in [0.15, 0.2) is 76.6 Å². The van der Waals surface area contributed by atoms with E-state index < -0.39 is 0 Å². The van der Waals surface area contributed by atoms with Crippen molar-refractivity contribution in [2.24, 2.45) is 4.99 Å². The summed E-state index contributed by atoms with van der Waals surface area (Å²) in [5, 5.41) is 4.07. The summed E-state index contributed by atoms with van der Waals surface area (Å²) in [4.78, 5) is 17.5. The van der Waals surface area contributed by atoms with Crippen LogP contribution in [0.25, 0.3) is 6.08 Å². The molecule has 0 radical (unpaired) electrons. The lowest BCUT2D eigenvalue weighted by molar-refractivity contribution is -0.115. The number of amidine groups is 1. The second-order valence-corrected chi connectivity index (χ2v) is 8.84. The summed E-state index contributed by atoms with van der Waals surface area (Å²) in [7, 11) is 0. The maximum Gasteiger partial charge on any atom is 0.264 e. The molecule has 4 rings (SSSR count). The lowest BCUT2D eigenvalue weighted by Gasteiger charge is -2.13. The Balaban J connectivity index is 1.49. The molecule has 1 fully saturated rings. The third kappa shape index (κ3) is 6.18. The molecule has 7 heteroatoms. The van der Waals surface area contributed by atoms with Crippen LogP contribution in [0.5, 0.6) is 11.5 Å². The Kier molecular flexibility index (Phi) is 7.37. The number of nitrogens with zero attached hydrogens (tertiary/aromatic N) is 1. The molecule has 1 amide bonds. The molecule has 0 spiro atoms. The lowest BCUT2D eigenvalue weighted by Crippen LogP contribution is -2.19. The summed E-state index contributed by atoms with van der Waals surface area (Å²) in [6, 6.07) is 21.0. The molecule has 0 unspecified atom stereocenters. The molecule has 0 aliphatic carbocycles. The zero-order valence-corrected chi connectivity index (χ0v) is 19.9. The van der Waals surface area contributed by atoms with Gasteiger partial charge in [0, 0.05) is 5.02 Å². The number of rotatable bonds is 7. The molecule has 5 nitrogen and oxygen atoms in total. The first-order chi connectivity index (χ1) is 16.0. The van der Waals surface area contributed by atoms with Gasteiger partial charge in [-0.1, -0.05) is 47.5 Å². The monoisotopic (exact) mass is 478 g/mol. The van der Waals surface area contributed by atoms with Gasteiger partial charge in [0.25, 0.3) is 5.91 Å². The predicted octanol–water partition coefficient (Wildman–Crippen LogP) is 6.52. The fourth-order valence-electron chi connectivity index (χ4n) is 3.11. The van der Waals surface area contributed by atoms with Crippen LogP contribution in [-0.2, 0) is 11.4 Å². The van der Waals surface area contributed by atoms with Gasteiger partial charge in [-0.15, -0.1) is 0 Å². The normalized spacial score (nSPS) is 15.7. The van der Waals surface area contributed by atoms with Gasteiger partial charge in [-0.3, -0.25) is 4.79 Å². The van der Waals surface area contributed by atoms with Crippen LogP contribution >= 0.6 is 23.4 Å². The van der Waals surface area contributed by atoms with E-state index >= 15 is 0 Å². The number of benzene rings is 3. The minimum Gasteiger partial charge on any atom is -0.490 e. The number of amides is 1. The Morgan fingerprint density at radius 1 is 1.00 bits per heavy atom. The van der Waals surface area contributed by atoms with Crippen molar-refractivity contribution in [3.05, 3.63) is 93.3 Å². The van der Waals surface area contributed by atoms with Crippen LogP contribution in [-0.4, -0.2) is 17.7 Å². The maximum absolute atomic E-state index is 12.4. The first-order valence-corrected chi connectivity index (χ1v) is 11.7. The number of halogens is 1. The van der Waals surface area contributed by atoms with Gasteiger partial charge in [0.05, 0.1) is 17.2 Å². The Hall–Kier alpha value is -3.22. The third-order valence-electron chi connectivity index (χ3n) is 4.79. The third-order valence-corrected chi connectivity index (χ3v) is 5.95. The van der Waals surface area contributed by atoms with Crippen molar-refractivity contribution < 1.29 is 14.3 Å². The number of carbonyl (C=O) groups is 1. The average molecular weight is 479 g/mol. The first kappa shape index (κ1) is 23.0. The summed E-state index contributed by atoms with van der Waals surface area (Å²) in [5.74, 6) is 1.09. The van der Waals surface area contributed by atoms with Gasteiger partial charge in [-0.2, -0.15) is 0 Å². The van der Waals surface area contributed by atoms with Gasteiger partial charge in [0.15, 0.2) is 16.7 Å². The zero-order valence-electron chi connectivity index (χ0n) is 18.3. The quantitative estimate of drug-likeness (QED) is 0.393. The molecular weight excluding hydrogens is 456 g/mol. The first-order valence-electron chi connectivity index (χ1n) is 10.5. The SMILES string of the molecule is CCOc1cc(C=C2SC(=Nc3ccc(C)cc3)NC2=O)ccc1OCc1ccc(Cl)cc1. The van der Waals surface area contributed by atoms with Gasteiger partial charge >= 0.3 is 0 Å². The number of carbonyl (C=O) groups excluding carboxylic acids is 1. The molecule has 0 aromatic heterocycles. The Labute approximate surface area is 202 Å². The van der Waals surface area contributed by atoms with Crippen molar-refractivity contribution in [1.82, 2.24) is 5.32 Å². The minimum atomic E-state index is -0.174. The van der Waals surface area contributed by atoms with Gasteiger partial charge in [0.1, 0.15) is 6.61 Å². The van der Waals surface area contributed by atoms with Crippen LogP contribution in [0.1, 0.15) is 23.6 Å².